The third-order valence-electron chi connectivity index (χ3n) is 9.37. The summed E-state index contributed by atoms with van der Waals surface area (Å²) in [4.78, 5) is 0. The van der Waals surface area contributed by atoms with E-state index in [0.717, 1.165) is 16.9 Å². The van der Waals surface area contributed by atoms with Crippen LogP contribution in [0, 0.1) is 0 Å². The van der Waals surface area contributed by atoms with Crippen molar-refractivity contribution in [3.8, 4) is 27.9 Å². The third kappa shape index (κ3) is 3.14. The van der Waals surface area contributed by atoms with Crippen molar-refractivity contribution in [2.75, 3.05) is 0 Å². The molecular weight excluding hydrogens is 534 g/mol. The van der Waals surface area contributed by atoms with Crippen LogP contribution in [0.5, 0.6) is 0 Å². The summed E-state index contributed by atoms with van der Waals surface area (Å²) in [6, 6.07) is 54.7. The number of nitrogens with zero attached hydrogens (tertiary/aromatic N) is 1. The maximum Gasteiger partial charge on any atom is 0.136 e. The Morgan fingerprint density at radius 3 is 1.66 bits per heavy atom. The lowest BCUT2D eigenvalue weighted by Gasteiger charge is -2.12. The quantitative estimate of drug-likeness (QED) is 0.211. The molecule has 0 amide bonds. The average molecular weight is 560 g/mol. The molecule has 2 aromatic heterocycles. The Labute approximate surface area is 253 Å². The molecule has 0 bridgehead atoms. The molecule has 0 fully saturated rings. The SMILES string of the molecule is c1ccc(-c2ccccc2-c2ccc(-n3c4cccc5c6ccccc6c6cccc7oc8ccc3c(c8c76)c54)cc2)cc1. The standard InChI is InChI=1S/C42H25NO/c1-2-10-26(11-3-1)29-12-4-5-13-30(29)27-20-22-28(23-21-27)43-35-18-8-16-33-31-14-6-7-15-32(31)34-17-9-19-37-40(34)42-38(44-37)25-24-36(43)41(42)39(33)35/h1-25H. The van der Waals surface area contributed by atoms with E-state index in [1.807, 2.05) is 0 Å². The maximum atomic E-state index is 6.51. The normalized spacial score (nSPS) is 12.1. The van der Waals surface area contributed by atoms with Gasteiger partial charge in [0.05, 0.1) is 11.0 Å². The van der Waals surface area contributed by atoms with Gasteiger partial charge in [-0.05, 0) is 80.2 Å². The number of hydrogen-bond donors (Lipinski definition) is 0. The summed E-state index contributed by atoms with van der Waals surface area (Å²) in [5.41, 5.74) is 10.3. The number of benzene rings is 7. The molecule has 0 unspecified atom stereocenters. The molecule has 44 heavy (non-hydrogen) atoms. The number of aromatic nitrogens is 1. The molecule has 0 atom stereocenters. The highest BCUT2D eigenvalue weighted by atomic mass is 16.3. The van der Waals surface area contributed by atoms with E-state index in [2.05, 4.69) is 156 Å². The van der Waals surface area contributed by atoms with E-state index in [1.54, 1.807) is 0 Å². The van der Waals surface area contributed by atoms with Crippen molar-refractivity contribution in [1.82, 2.24) is 4.57 Å². The zero-order chi connectivity index (χ0) is 28.8. The van der Waals surface area contributed by atoms with Crippen LogP contribution in [0.15, 0.2) is 156 Å². The van der Waals surface area contributed by atoms with Crippen molar-refractivity contribution in [3.63, 3.8) is 0 Å². The monoisotopic (exact) mass is 559 g/mol. The molecule has 0 saturated carbocycles. The van der Waals surface area contributed by atoms with Gasteiger partial charge in [0.15, 0.2) is 0 Å². The van der Waals surface area contributed by atoms with E-state index >= 15 is 0 Å². The van der Waals surface area contributed by atoms with E-state index in [1.165, 1.54) is 76.4 Å². The maximum absolute atomic E-state index is 6.51. The summed E-state index contributed by atoms with van der Waals surface area (Å²) in [5, 5.41) is 9.90. The summed E-state index contributed by atoms with van der Waals surface area (Å²) in [7, 11) is 0. The first kappa shape index (κ1) is 23.7. The van der Waals surface area contributed by atoms with Crippen molar-refractivity contribution < 1.29 is 4.42 Å². The van der Waals surface area contributed by atoms with Crippen LogP contribution in [-0.2, 0) is 0 Å². The Morgan fingerprint density at radius 2 is 0.909 bits per heavy atom. The summed E-state index contributed by atoms with van der Waals surface area (Å²) < 4.78 is 8.93. The fourth-order valence-electron chi connectivity index (χ4n) is 7.53. The highest BCUT2D eigenvalue weighted by molar-refractivity contribution is 6.38. The lowest BCUT2D eigenvalue weighted by Crippen LogP contribution is -1.94. The van der Waals surface area contributed by atoms with E-state index in [9.17, 15) is 0 Å². The Morgan fingerprint density at radius 1 is 0.341 bits per heavy atom. The van der Waals surface area contributed by atoms with Crippen LogP contribution in [0.3, 0.4) is 0 Å². The van der Waals surface area contributed by atoms with Gasteiger partial charge in [-0.1, -0.05) is 115 Å². The summed E-state index contributed by atoms with van der Waals surface area (Å²) in [6.07, 6.45) is 0. The van der Waals surface area contributed by atoms with Gasteiger partial charge in [0, 0.05) is 27.2 Å². The molecule has 0 N–H and O–H groups in total. The second kappa shape index (κ2) is 8.82. The fourth-order valence-corrected chi connectivity index (χ4v) is 7.53. The van der Waals surface area contributed by atoms with Gasteiger partial charge < -0.3 is 8.98 Å². The molecule has 0 radical (unpaired) electrons. The average Bonchev–Trinajstić information content (AvgIpc) is 3.64. The molecule has 0 spiro atoms. The zero-order valence-corrected chi connectivity index (χ0v) is 23.8. The van der Waals surface area contributed by atoms with Gasteiger partial charge in [-0.25, -0.2) is 0 Å². The first-order valence-electron chi connectivity index (χ1n) is 15.1. The van der Waals surface area contributed by atoms with Gasteiger partial charge in [0.1, 0.15) is 11.2 Å². The molecule has 204 valence electrons. The molecule has 2 heteroatoms. The van der Waals surface area contributed by atoms with E-state index in [-0.39, 0.29) is 0 Å². The molecule has 10 rings (SSSR count). The van der Waals surface area contributed by atoms with Gasteiger partial charge in [0.2, 0.25) is 0 Å². The van der Waals surface area contributed by atoms with Crippen LogP contribution < -0.4 is 0 Å². The molecule has 0 saturated heterocycles. The molecule has 0 aliphatic carbocycles. The Hall–Kier alpha value is -5.86. The largest absolute Gasteiger partial charge is 0.456 e. The first-order valence-corrected chi connectivity index (χ1v) is 15.1. The summed E-state index contributed by atoms with van der Waals surface area (Å²) in [5.74, 6) is 0. The van der Waals surface area contributed by atoms with Crippen LogP contribution >= 0.6 is 0 Å². The van der Waals surface area contributed by atoms with E-state index in [4.69, 9.17) is 4.42 Å². The highest BCUT2D eigenvalue weighted by Crippen LogP contribution is 2.47. The van der Waals surface area contributed by atoms with E-state index < -0.39 is 0 Å². The summed E-state index contributed by atoms with van der Waals surface area (Å²) >= 11 is 0. The van der Waals surface area contributed by atoms with E-state index in [0.29, 0.717) is 0 Å². The van der Waals surface area contributed by atoms with Gasteiger partial charge >= 0.3 is 0 Å². The smallest absolute Gasteiger partial charge is 0.136 e. The van der Waals surface area contributed by atoms with Crippen molar-refractivity contribution in [2.24, 2.45) is 0 Å². The molecule has 10 aromatic rings. The van der Waals surface area contributed by atoms with Crippen LogP contribution in [0.4, 0.5) is 0 Å². The minimum absolute atomic E-state index is 0.932. The van der Waals surface area contributed by atoms with Crippen LogP contribution in [0.25, 0.3) is 93.2 Å². The number of fused-ring (bicyclic) bond motifs is 3. The van der Waals surface area contributed by atoms with Crippen molar-refractivity contribution >= 4 is 65.3 Å². The lowest BCUT2D eigenvalue weighted by atomic mass is 9.94. The number of furan rings is 1. The van der Waals surface area contributed by atoms with Crippen LogP contribution in [0.1, 0.15) is 0 Å². The lowest BCUT2D eigenvalue weighted by molar-refractivity contribution is 0.669. The Bertz CT molecular complexity index is 2690. The van der Waals surface area contributed by atoms with Gasteiger partial charge in [-0.15, -0.1) is 0 Å². The van der Waals surface area contributed by atoms with Gasteiger partial charge in [-0.3, -0.25) is 0 Å². The van der Waals surface area contributed by atoms with Crippen molar-refractivity contribution in [1.29, 1.82) is 0 Å². The zero-order valence-electron chi connectivity index (χ0n) is 23.8. The fraction of sp³-hybridized carbons (Fsp3) is 0. The summed E-state index contributed by atoms with van der Waals surface area (Å²) in [6.45, 7) is 0. The molecular formula is C42H25NO. The second-order valence-corrected chi connectivity index (χ2v) is 11.7. The molecule has 2 heterocycles. The van der Waals surface area contributed by atoms with Gasteiger partial charge in [-0.2, -0.15) is 0 Å². The van der Waals surface area contributed by atoms with Crippen molar-refractivity contribution in [2.45, 2.75) is 0 Å². The minimum Gasteiger partial charge on any atom is -0.456 e. The van der Waals surface area contributed by atoms with Gasteiger partial charge in [0.25, 0.3) is 0 Å². The Kier molecular flexibility index (Phi) is 4.75. The minimum atomic E-state index is 0.932. The highest BCUT2D eigenvalue weighted by Gasteiger charge is 2.22. The molecule has 2 nitrogen and oxygen atoms in total. The molecule has 0 aliphatic heterocycles. The predicted octanol–water partition coefficient (Wildman–Crippen LogP) is 11.8. The predicted molar refractivity (Wildman–Crippen MR) is 185 cm³/mol. The number of rotatable bonds is 3. The topological polar surface area (TPSA) is 18.1 Å². The third-order valence-corrected chi connectivity index (χ3v) is 9.37. The number of hydrogen-bond acceptors (Lipinski definition) is 1. The van der Waals surface area contributed by atoms with Crippen LogP contribution in [0.2, 0.25) is 0 Å². The molecule has 8 aromatic carbocycles. The molecule has 0 aliphatic rings. The first-order chi connectivity index (χ1) is 21.8. The van der Waals surface area contributed by atoms with Crippen LogP contribution in [-0.4, -0.2) is 4.57 Å². The Balaban J connectivity index is 1.29. The second-order valence-electron chi connectivity index (χ2n) is 11.7. The van der Waals surface area contributed by atoms with Crippen molar-refractivity contribution in [3.05, 3.63) is 152 Å².